The SMILES string of the molecule is COc1ccc2c3c1OC1C(O[Si](C)(C)C)C=C[C@H]4[C@@H](C2)N([Si](C)(C)C)CC[C@]314. The molecule has 1 saturated heterocycles. The van der Waals surface area contributed by atoms with Crippen molar-refractivity contribution in [3.63, 3.8) is 0 Å². The Kier molecular flexibility index (Phi) is 4.26. The highest BCUT2D eigenvalue weighted by molar-refractivity contribution is 6.73. The van der Waals surface area contributed by atoms with E-state index in [2.05, 4.69) is 68.1 Å². The molecule has 6 heteroatoms. The zero-order chi connectivity index (χ0) is 20.8. The average Bonchev–Trinajstić information content (AvgIpc) is 2.95. The lowest BCUT2D eigenvalue weighted by molar-refractivity contribution is -0.0298. The molecule has 4 nitrogen and oxygen atoms in total. The molecule has 5 atom stereocenters. The van der Waals surface area contributed by atoms with E-state index >= 15 is 0 Å². The summed E-state index contributed by atoms with van der Waals surface area (Å²) in [6.07, 6.45) is 7.17. The summed E-state index contributed by atoms with van der Waals surface area (Å²) in [6.45, 7) is 15.5. The Balaban J connectivity index is 1.69. The summed E-state index contributed by atoms with van der Waals surface area (Å²) in [5.41, 5.74) is 2.93. The number of benzene rings is 1. The second kappa shape index (κ2) is 6.22. The molecule has 0 radical (unpaired) electrons. The largest absolute Gasteiger partial charge is 0.493 e. The summed E-state index contributed by atoms with van der Waals surface area (Å²) in [6, 6.07) is 4.98. The molecule has 1 aromatic carbocycles. The van der Waals surface area contributed by atoms with Crippen LogP contribution in [0.3, 0.4) is 0 Å². The highest BCUT2D eigenvalue weighted by Gasteiger charge is 2.65. The highest BCUT2D eigenvalue weighted by Crippen LogP contribution is 2.63. The molecule has 5 rings (SSSR count). The van der Waals surface area contributed by atoms with E-state index in [0.717, 1.165) is 24.3 Å². The lowest BCUT2D eigenvalue weighted by atomic mass is 9.53. The molecule has 4 aliphatic rings. The number of hydrogen-bond acceptors (Lipinski definition) is 4. The number of ether oxygens (including phenoxy) is 2. The van der Waals surface area contributed by atoms with Crippen LogP contribution in [0.15, 0.2) is 24.3 Å². The number of hydrogen-bond donors (Lipinski definition) is 0. The molecule has 0 amide bonds. The van der Waals surface area contributed by atoms with Gasteiger partial charge in [-0.15, -0.1) is 0 Å². The van der Waals surface area contributed by atoms with Gasteiger partial charge >= 0.3 is 0 Å². The lowest BCUT2D eigenvalue weighted by Crippen LogP contribution is -2.69. The van der Waals surface area contributed by atoms with Crippen LogP contribution in [0.2, 0.25) is 39.3 Å². The van der Waals surface area contributed by atoms with Gasteiger partial charge < -0.3 is 18.5 Å². The molecule has 2 bridgehead atoms. The van der Waals surface area contributed by atoms with Crippen molar-refractivity contribution in [2.45, 2.75) is 75.8 Å². The van der Waals surface area contributed by atoms with Gasteiger partial charge in [-0.05, 0) is 50.7 Å². The standard InChI is InChI=1S/C23H35NO3Si2/c1-25-18-10-8-15-14-17-16-9-11-19(27-29(5,6)7)22-23(16,20(15)21(18)26-22)12-13-24(17)28(2,3)4/h8-11,16-17,19,22H,12-14H2,1-7H3/t16-,17+,19?,22?,23-/m0/s1. The zero-order valence-corrected chi connectivity index (χ0v) is 20.9. The van der Waals surface area contributed by atoms with Crippen molar-refractivity contribution in [2.75, 3.05) is 13.7 Å². The van der Waals surface area contributed by atoms with Gasteiger partial charge in [-0.1, -0.05) is 37.9 Å². The first-order valence-corrected chi connectivity index (χ1v) is 17.9. The fourth-order valence-corrected chi connectivity index (χ4v) is 9.58. The van der Waals surface area contributed by atoms with E-state index in [9.17, 15) is 0 Å². The van der Waals surface area contributed by atoms with Crippen molar-refractivity contribution in [3.8, 4) is 11.5 Å². The molecule has 0 aromatic heterocycles. The van der Waals surface area contributed by atoms with Crippen molar-refractivity contribution < 1.29 is 13.9 Å². The third kappa shape index (κ3) is 2.75. The van der Waals surface area contributed by atoms with E-state index in [1.165, 1.54) is 17.7 Å². The van der Waals surface area contributed by atoms with Crippen molar-refractivity contribution in [2.24, 2.45) is 5.92 Å². The second-order valence-electron chi connectivity index (χ2n) is 11.2. The molecule has 0 saturated carbocycles. The van der Waals surface area contributed by atoms with E-state index in [4.69, 9.17) is 13.9 Å². The third-order valence-electron chi connectivity index (χ3n) is 7.41. The van der Waals surface area contributed by atoms with Gasteiger partial charge in [0.1, 0.15) is 20.4 Å². The molecule has 1 fully saturated rings. The molecule has 0 N–H and O–H groups in total. The summed E-state index contributed by atoms with van der Waals surface area (Å²) < 4.78 is 22.1. The zero-order valence-electron chi connectivity index (χ0n) is 18.9. The van der Waals surface area contributed by atoms with Crippen LogP contribution in [0.1, 0.15) is 17.5 Å². The molecule has 1 aromatic rings. The predicted molar refractivity (Wildman–Crippen MR) is 122 cm³/mol. The normalized spacial score (nSPS) is 35.3. The minimum Gasteiger partial charge on any atom is -0.493 e. The molecule has 158 valence electrons. The Hall–Kier alpha value is -1.09. The fraction of sp³-hybridized carbons (Fsp3) is 0.652. The Labute approximate surface area is 177 Å². The Morgan fingerprint density at radius 3 is 2.52 bits per heavy atom. The van der Waals surface area contributed by atoms with Crippen molar-refractivity contribution in [1.29, 1.82) is 0 Å². The van der Waals surface area contributed by atoms with Crippen molar-refractivity contribution in [3.05, 3.63) is 35.4 Å². The van der Waals surface area contributed by atoms with Gasteiger partial charge in [-0.3, -0.25) is 0 Å². The van der Waals surface area contributed by atoms with Crippen LogP contribution >= 0.6 is 0 Å². The Morgan fingerprint density at radius 1 is 1.10 bits per heavy atom. The van der Waals surface area contributed by atoms with Gasteiger partial charge in [0.15, 0.2) is 19.8 Å². The van der Waals surface area contributed by atoms with E-state index in [0.29, 0.717) is 12.0 Å². The molecular weight excluding hydrogens is 394 g/mol. The average molecular weight is 430 g/mol. The van der Waals surface area contributed by atoms with Gasteiger partial charge in [-0.25, -0.2) is 0 Å². The molecule has 2 heterocycles. The molecule has 2 aliphatic carbocycles. The maximum Gasteiger partial charge on any atom is 0.184 e. The Bertz CT molecular complexity index is 872. The summed E-state index contributed by atoms with van der Waals surface area (Å²) in [7, 11) is -1.35. The van der Waals surface area contributed by atoms with Crippen LogP contribution in [-0.2, 0) is 16.3 Å². The van der Waals surface area contributed by atoms with E-state index in [1.807, 2.05) is 0 Å². The quantitative estimate of drug-likeness (QED) is 0.518. The van der Waals surface area contributed by atoms with Crippen molar-refractivity contribution >= 4 is 16.6 Å². The number of methoxy groups -OCH3 is 1. The molecule has 1 spiro atoms. The topological polar surface area (TPSA) is 30.9 Å². The summed E-state index contributed by atoms with van der Waals surface area (Å²) in [5.74, 6) is 2.37. The highest BCUT2D eigenvalue weighted by atomic mass is 28.4. The maximum absolute atomic E-state index is 6.79. The number of piperidine rings is 1. The van der Waals surface area contributed by atoms with Crippen LogP contribution < -0.4 is 9.47 Å². The molecule has 2 aliphatic heterocycles. The fourth-order valence-electron chi connectivity index (χ4n) is 6.53. The molecule has 29 heavy (non-hydrogen) atoms. The maximum atomic E-state index is 6.79. The van der Waals surface area contributed by atoms with Gasteiger partial charge in [0.2, 0.25) is 0 Å². The lowest BCUT2D eigenvalue weighted by Gasteiger charge is -2.60. The van der Waals surface area contributed by atoms with Crippen LogP contribution in [0.4, 0.5) is 0 Å². The number of rotatable bonds is 4. The van der Waals surface area contributed by atoms with Crippen LogP contribution in [0.5, 0.6) is 11.5 Å². The first kappa shape index (κ1) is 19.9. The van der Waals surface area contributed by atoms with Gasteiger partial charge in [0.25, 0.3) is 0 Å². The van der Waals surface area contributed by atoms with E-state index in [-0.39, 0.29) is 17.6 Å². The monoisotopic (exact) mass is 429 g/mol. The van der Waals surface area contributed by atoms with Crippen LogP contribution in [-0.4, -0.2) is 53.0 Å². The minimum atomic E-state index is -1.70. The van der Waals surface area contributed by atoms with Crippen LogP contribution in [0.25, 0.3) is 0 Å². The molecule has 2 unspecified atom stereocenters. The second-order valence-corrected chi connectivity index (χ2v) is 20.6. The molecular formula is C23H35NO3Si2. The van der Waals surface area contributed by atoms with Crippen LogP contribution in [0, 0.1) is 5.92 Å². The summed E-state index contributed by atoms with van der Waals surface area (Å²) >= 11 is 0. The predicted octanol–water partition coefficient (Wildman–Crippen LogP) is 4.57. The van der Waals surface area contributed by atoms with Gasteiger partial charge in [-0.2, -0.15) is 0 Å². The third-order valence-corrected chi connectivity index (χ3v) is 10.7. The summed E-state index contributed by atoms with van der Waals surface area (Å²) in [4.78, 5) is 0. The first-order valence-electron chi connectivity index (χ1n) is 11.1. The first-order chi connectivity index (χ1) is 13.6. The number of nitrogens with zero attached hydrogens (tertiary/aromatic N) is 1. The minimum absolute atomic E-state index is 0.0251. The van der Waals surface area contributed by atoms with Crippen molar-refractivity contribution in [1.82, 2.24) is 4.57 Å². The van der Waals surface area contributed by atoms with Gasteiger partial charge in [0.05, 0.1) is 7.11 Å². The Morgan fingerprint density at radius 2 is 1.86 bits per heavy atom. The van der Waals surface area contributed by atoms with E-state index in [1.54, 1.807) is 7.11 Å². The van der Waals surface area contributed by atoms with Gasteiger partial charge in [0, 0.05) is 22.9 Å². The summed E-state index contributed by atoms with van der Waals surface area (Å²) in [5, 5.41) is 0. The van der Waals surface area contributed by atoms with E-state index < -0.39 is 16.6 Å². The smallest absolute Gasteiger partial charge is 0.184 e.